The van der Waals surface area contributed by atoms with Crippen LogP contribution in [-0.2, 0) is 19.7 Å². The molecule has 0 aliphatic rings. The highest BCUT2D eigenvalue weighted by Gasteiger charge is 2.30. The van der Waals surface area contributed by atoms with Crippen LogP contribution in [0, 0.1) is 17.2 Å². The fraction of sp³-hybridized carbons (Fsp3) is 0.550. The molecule has 26 heavy (non-hydrogen) atoms. The van der Waals surface area contributed by atoms with Crippen LogP contribution in [0.4, 0.5) is 0 Å². The Bertz CT molecular complexity index is 669. The first kappa shape index (κ1) is 21.5. The van der Waals surface area contributed by atoms with Crippen LogP contribution < -0.4 is 10.1 Å². The van der Waals surface area contributed by atoms with Crippen LogP contribution in [0.1, 0.15) is 47.1 Å². The summed E-state index contributed by atoms with van der Waals surface area (Å²) in [5, 5.41) is 11.7. The molecule has 1 aromatic rings. The van der Waals surface area contributed by atoms with Crippen LogP contribution in [0.2, 0.25) is 0 Å². The standard InChI is InChI=1S/C20H28N2O4/c1-14(2)20(6,13-21)22-17(23)11-26-18(24)12-25-16-9-7-15(8-10-16)19(3,4)5/h7-10,14H,11-12H2,1-6H3,(H,22,23)/t20-/m1/s1. The highest BCUT2D eigenvalue weighted by molar-refractivity contribution is 5.81. The number of rotatable bonds is 7. The molecule has 1 atom stereocenters. The molecule has 0 spiro atoms. The minimum absolute atomic E-state index is 0.0404. The van der Waals surface area contributed by atoms with E-state index in [1.807, 2.05) is 26.0 Å². The van der Waals surface area contributed by atoms with Gasteiger partial charge in [0.1, 0.15) is 11.3 Å². The first-order valence-corrected chi connectivity index (χ1v) is 8.59. The van der Waals surface area contributed by atoms with Crippen LogP contribution in [0.25, 0.3) is 0 Å². The number of nitriles is 1. The van der Waals surface area contributed by atoms with E-state index in [4.69, 9.17) is 14.7 Å². The quantitative estimate of drug-likeness (QED) is 0.755. The largest absolute Gasteiger partial charge is 0.482 e. The van der Waals surface area contributed by atoms with Gasteiger partial charge in [-0.1, -0.05) is 46.8 Å². The SMILES string of the molecule is CC(C)[C@@](C)(C#N)NC(=O)COC(=O)COc1ccc(C(C)(C)C)cc1. The van der Waals surface area contributed by atoms with E-state index >= 15 is 0 Å². The summed E-state index contributed by atoms with van der Waals surface area (Å²) < 4.78 is 10.3. The molecule has 0 aliphatic heterocycles. The zero-order valence-electron chi connectivity index (χ0n) is 16.4. The van der Waals surface area contributed by atoms with Crippen LogP contribution in [0.15, 0.2) is 24.3 Å². The van der Waals surface area contributed by atoms with Crippen LogP contribution in [0.5, 0.6) is 5.75 Å². The van der Waals surface area contributed by atoms with E-state index in [1.165, 1.54) is 0 Å². The van der Waals surface area contributed by atoms with Crippen molar-refractivity contribution in [2.75, 3.05) is 13.2 Å². The number of hydrogen-bond acceptors (Lipinski definition) is 5. The highest BCUT2D eigenvalue weighted by atomic mass is 16.6. The number of hydrogen-bond donors (Lipinski definition) is 1. The molecule has 0 aliphatic carbocycles. The Hall–Kier alpha value is -2.55. The molecule has 1 aromatic carbocycles. The molecule has 0 saturated carbocycles. The molecule has 0 radical (unpaired) electrons. The summed E-state index contributed by atoms with van der Waals surface area (Å²) in [5.74, 6) is -0.697. The van der Waals surface area contributed by atoms with Gasteiger partial charge < -0.3 is 14.8 Å². The van der Waals surface area contributed by atoms with Crippen molar-refractivity contribution < 1.29 is 19.1 Å². The molecular weight excluding hydrogens is 332 g/mol. The molecule has 0 aromatic heterocycles. The van der Waals surface area contributed by atoms with Gasteiger partial charge in [-0.15, -0.1) is 0 Å². The monoisotopic (exact) mass is 360 g/mol. The second kappa shape index (κ2) is 8.70. The van der Waals surface area contributed by atoms with Crippen molar-refractivity contribution >= 4 is 11.9 Å². The van der Waals surface area contributed by atoms with Gasteiger partial charge in [0.2, 0.25) is 0 Å². The van der Waals surface area contributed by atoms with E-state index in [-0.39, 0.29) is 17.9 Å². The Morgan fingerprint density at radius 3 is 2.15 bits per heavy atom. The zero-order valence-corrected chi connectivity index (χ0v) is 16.4. The molecule has 0 unspecified atom stereocenters. The van der Waals surface area contributed by atoms with Gasteiger partial charge in [-0.2, -0.15) is 5.26 Å². The average Bonchev–Trinajstić information content (AvgIpc) is 2.57. The Morgan fingerprint density at radius 2 is 1.69 bits per heavy atom. The van der Waals surface area contributed by atoms with E-state index in [2.05, 4.69) is 32.2 Å². The molecule has 142 valence electrons. The van der Waals surface area contributed by atoms with Gasteiger partial charge in [0, 0.05) is 0 Å². The lowest BCUT2D eigenvalue weighted by Gasteiger charge is -2.27. The maximum absolute atomic E-state index is 11.9. The Morgan fingerprint density at radius 1 is 1.12 bits per heavy atom. The third kappa shape index (κ3) is 6.40. The van der Waals surface area contributed by atoms with Gasteiger partial charge in [-0.3, -0.25) is 4.79 Å². The molecule has 6 nitrogen and oxygen atoms in total. The third-order valence-corrected chi connectivity index (χ3v) is 4.23. The third-order valence-electron chi connectivity index (χ3n) is 4.23. The second-order valence-electron chi connectivity index (χ2n) is 7.74. The van der Waals surface area contributed by atoms with Crippen molar-refractivity contribution in [3.63, 3.8) is 0 Å². The van der Waals surface area contributed by atoms with Crippen LogP contribution in [-0.4, -0.2) is 30.6 Å². The van der Waals surface area contributed by atoms with Gasteiger partial charge in [-0.25, -0.2) is 4.79 Å². The molecule has 1 N–H and O–H groups in total. The van der Waals surface area contributed by atoms with Crippen molar-refractivity contribution in [3.05, 3.63) is 29.8 Å². The number of carbonyl (C=O) groups excluding carboxylic acids is 2. The number of nitrogens with zero attached hydrogens (tertiary/aromatic N) is 1. The molecule has 0 fully saturated rings. The predicted molar refractivity (Wildman–Crippen MR) is 98.6 cm³/mol. The summed E-state index contributed by atoms with van der Waals surface area (Å²) in [7, 11) is 0. The van der Waals surface area contributed by atoms with Gasteiger partial charge >= 0.3 is 5.97 Å². The lowest BCUT2D eigenvalue weighted by atomic mass is 9.87. The Balaban J connectivity index is 2.43. The summed E-state index contributed by atoms with van der Waals surface area (Å²) in [4.78, 5) is 23.6. The number of carbonyl (C=O) groups is 2. The minimum Gasteiger partial charge on any atom is -0.482 e. The van der Waals surface area contributed by atoms with Crippen molar-refractivity contribution in [1.29, 1.82) is 5.26 Å². The minimum atomic E-state index is -1.01. The highest BCUT2D eigenvalue weighted by Crippen LogP contribution is 2.24. The van der Waals surface area contributed by atoms with Gasteiger partial charge in [0.05, 0.1) is 6.07 Å². The molecule has 1 amide bonds. The smallest absolute Gasteiger partial charge is 0.344 e. The van der Waals surface area contributed by atoms with Crippen molar-refractivity contribution in [2.45, 2.75) is 52.5 Å². The average molecular weight is 360 g/mol. The molecular formula is C20H28N2O4. The number of esters is 1. The number of nitrogens with one attached hydrogen (secondary N) is 1. The second-order valence-corrected chi connectivity index (χ2v) is 7.74. The summed E-state index contributed by atoms with van der Waals surface area (Å²) >= 11 is 0. The Kier molecular flexibility index (Phi) is 7.19. The van der Waals surface area contributed by atoms with Gasteiger partial charge in [-0.05, 0) is 36.0 Å². The molecule has 0 heterocycles. The van der Waals surface area contributed by atoms with Gasteiger partial charge in [0.15, 0.2) is 13.2 Å². The van der Waals surface area contributed by atoms with Crippen LogP contribution >= 0.6 is 0 Å². The summed E-state index contributed by atoms with van der Waals surface area (Å²) in [6.07, 6.45) is 0. The lowest BCUT2D eigenvalue weighted by molar-refractivity contribution is -0.150. The predicted octanol–water partition coefficient (Wildman–Crippen LogP) is 2.96. The number of benzene rings is 1. The van der Waals surface area contributed by atoms with Crippen molar-refractivity contribution in [3.8, 4) is 11.8 Å². The van der Waals surface area contributed by atoms with E-state index in [9.17, 15) is 9.59 Å². The fourth-order valence-corrected chi connectivity index (χ4v) is 2.01. The van der Waals surface area contributed by atoms with Crippen molar-refractivity contribution in [2.24, 2.45) is 5.92 Å². The van der Waals surface area contributed by atoms with Crippen LogP contribution in [0.3, 0.4) is 0 Å². The van der Waals surface area contributed by atoms with E-state index < -0.39 is 24.0 Å². The Labute approximate surface area is 155 Å². The maximum Gasteiger partial charge on any atom is 0.344 e. The van der Waals surface area contributed by atoms with E-state index in [0.717, 1.165) is 5.56 Å². The topological polar surface area (TPSA) is 88.4 Å². The number of ether oxygens (including phenoxy) is 2. The van der Waals surface area contributed by atoms with Crippen molar-refractivity contribution in [1.82, 2.24) is 5.32 Å². The van der Waals surface area contributed by atoms with E-state index in [1.54, 1.807) is 19.1 Å². The van der Waals surface area contributed by atoms with Gasteiger partial charge in [0.25, 0.3) is 5.91 Å². The van der Waals surface area contributed by atoms with E-state index in [0.29, 0.717) is 5.75 Å². The maximum atomic E-state index is 11.9. The lowest BCUT2D eigenvalue weighted by Crippen LogP contribution is -2.50. The summed E-state index contributed by atoms with van der Waals surface area (Å²) in [5.41, 5.74) is 0.197. The fourth-order valence-electron chi connectivity index (χ4n) is 2.01. The molecule has 1 rings (SSSR count). The summed E-state index contributed by atoms with van der Waals surface area (Å²) in [6.45, 7) is 10.9. The molecule has 0 saturated heterocycles. The normalized spacial score (nSPS) is 13.5. The first-order chi connectivity index (χ1) is 12.0. The number of amides is 1. The first-order valence-electron chi connectivity index (χ1n) is 8.59. The molecule has 6 heteroatoms. The summed E-state index contributed by atoms with van der Waals surface area (Å²) in [6, 6.07) is 9.54. The molecule has 0 bridgehead atoms. The zero-order chi connectivity index (χ0) is 20.0.